The largest absolute Gasteiger partial charge is 0.366 e. The molecule has 1 aromatic heterocycles. The predicted molar refractivity (Wildman–Crippen MR) is 96.2 cm³/mol. The smallest absolute Gasteiger partial charge is 0.259 e. The Balaban J connectivity index is 1.82. The topological polar surface area (TPSA) is 90.0 Å². The number of nitrogens with zero attached hydrogens (tertiary/aromatic N) is 2. The van der Waals surface area contributed by atoms with Crippen molar-refractivity contribution in [2.75, 3.05) is 5.32 Å². The molecule has 2 amide bonds. The molecule has 126 valence electrons. The molecular formula is C18H15ClN4O2. The molecule has 0 spiro atoms. The van der Waals surface area contributed by atoms with Crippen molar-refractivity contribution in [3.8, 4) is 5.69 Å². The summed E-state index contributed by atoms with van der Waals surface area (Å²) in [5.41, 5.74) is 8.04. The number of nitrogens with one attached hydrogen (secondary N) is 1. The normalized spacial score (nSPS) is 10.5. The lowest BCUT2D eigenvalue weighted by Crippen LogP contribution is -2.14. The van der Waals surface area contributed by atoms with Crippen LogP contribution in [0.15, 0.2) is 54.7 Å². The van der Waals surface area contributed by atoms with Crippen molar-refractivity contribution in [2.45, 2.75) is 6.92 Å². The Morgan fingerprint density at radius 3 is 2.52 bits per heavy atom. The van der Waals surface area contributed by atoms with Gasteiger partial charge in [0, 0.05) is 16.3 Å². The first-order valence-corrected chi connectivity index (χ1v) is 7.85. The Bertz CT molecular complexity index is 948. The van der Waals surface area contributed by atoms with E-state index in [2.05, 4.69) is 10.4 Å². The van der Waals surface area contributed by atoms with Crippen molar-refractivity contribution in [1.82, 2.24) is 9.78 Å². The molecule has 0 saturated heterocycles. The van der Waals surface area contributed by atoms with Gasteiger partial charge in [-0.05, 0) is 49.4 Å². The number of rotatable bonds is 4. The molecule has 6 nitrogen and oxygen atoms in total. The van der Waals surface area contributed by atoms with E-state index in [1.807, 2.05) is 12.1 Å². The number of benzene rings is 2. The highest BCUT2D eigenvalue weighted by Crippen LogP contribution is 2.19. The third kappa shape index (κ3) is 3.54. The lowest BCUT2D eigenvalue weighted by Gasteiger charge is -2.07. The van der Waals surface area contributed by atoms with Crippen molar-refractivity contribution in [1.29, 1.82) is 0 Å². The van der Waals surface area contributed by atoms with Gasteiger partial charge in [0.15, 0.2) is 0 Å². The number of hydrogen-bond acceptors (Lipinski definition) is 3. The van der Waals surface area contributed by atoms with Crippen molar-refractivity contribution in [3.05, 3.63) is 76.6 Å². The fourth-order valence-corrected chi connectivity index (χ4v) is 2.60. The summed E-state index contributed by atoms with van der Waals surface area (Å²) in [7, 11) is 0. The first-order valence-electron chi connectivity index (χ1n) is 7.47. The monoisotopic (exact) mass is 354 g/mol. The highest BCUT2D eigenvalue weighted by Gasteiger charge is 2.15. The first kappa shape index (κ1) is 16.7. The van der Waals surface area contributed by atoms with Gasteiger partial charge in [-0.1, -0.05) is 17.7 Å². The minimum absolute atomic E-state index is 0.294. The molecule has 0 bridgehead atoms. The lowest BCUT2D eigenvalue weighted by atomic mass is 10.2. The lowest BCUT2D eigenvalue weighted by molar-refractivity contribution is 0.0998. The maximum Gasteiger partial charge on any atom is 0.259 e. The average Bonchev–Trinajstić information content (AvgIpc) is 2.97. The second kappa shape index (κ2) is 6.78. The minimum Gasteiger partial charge on any atom is -0.366 e. The van der Waals surface area contributed by atoms with E-state index >= 15 is 0 Å². The molecule has 0 fully saturated rings. The van der Waals surface area contributed by atoms with E-state index in [1.165, 1.54) is 6.20 Å². The Labute approximate surface area is 149 Å². The molecule has 0 aliphatic carbocycles. The number of aromatic nitrogens is 2. The van der Waals surface area contributed by atoms with Gasteiger partial charge in [-0.15, -0.1) is 0 Å². The zero-order chi connectivity index (χ0) is 18.0. The van der Waals surface area contributed by atoms with E-state index in [-0.39, 0.29) is 5.91 Å². The molecule has 2 aromatic carbocycles. The number of amides is 2. The number of halogens is 1. The number of carbonyl (C=O) groups is 2. The number of primary amides is 1. The van der Waals surface area contributed by atoms with Crippen LogP contribution < -0.4 is 11.1 Å². The predicted octanol–water partition coefficient (Wildman–Crippen LogP) is 3.19. The van der Waals surface area contributed by atoms with Crippen molar-refractivity contribution >= 4 is 29.1 Å². The van der Waals surface area contributed by atoms with E-state index in [0.29, 0.717) is 27.5 Å². The first-order chi connectivity index (χ1) is 12.0. The van der Waals surface area contributed by atoms with Crippen LogP contribution in [0, 0.1) is 6.92 Å². The number of hydrogen-bond donors (Lipinski definition) is 2. The maximum absolute atomic E-state index is 12.5. The van der Waals surface area contributed by atoms with Crippen LogP contribution in [0.4, 0.5) is 5.69 Å². The van der Waals surface area contributed by atoms with E-state index in [9.17, 15) is 9.59 Å². The summed E-state index contributed by atoms with van der Waals surface area (Å²) in [5.74, 6) is -0.811. The highest BCUT2D eigenvalue weighted by molar-refractivity contribution is 6.30. The molecule has 7 heteroatoms. The molecule has 0 aliphatic heterocycles. The van der Waals surface area contributed by atoms with Crippen LogP contribution >= 0.6 is 11.6 Å². The van der Waals surface area contributed by atoms with Crippen LogP contribution in [0.2, 0.25) is 5.02 Å². The summed E-state index contributed by atoms with van der Waals surface area (Å²) >= 11 is 6.01. The van der Waals surface area contributed by atoms with Gasteiger partial charge in [-0.25, -0.2) is 4.68 Å². The number of nitrogens with two attached hydrogens (primary N) is 1. The number of carbonyl (C=O) groups excluding carboxylic acids is 2. The molecule has 0 unspecified atom stereocenters. The Kier molecular flexibility index (Phi) is 4.54. The third-order valence-corrected chi connectivity index (χ3v) is 3.97. The van der Waals surface area contributed by atoms with Crippen molar-refractivity contribution in [2.24, 2.45) is 5.73 Å². The van der Waals surface area contributed by atoms with Gasteiger partial charge in [0.05, 0.1) is 23.1 Å². The van der Waals surface area contributed by atoms with Gasteiger partial charge < -0.3 is 11.1 Å². The Hall–Kier alpha value is -3.12. The second-order valence-corrected chi connectivity index (χ2v) is 5.87. The number of anilines is 1. The zero-order valence-electron chi connectivity index (χ0n) is 13.4. The minimum atomic E-state index is -0.517. The van der Waals surface area contributed by atoms with Crippen LogP contribution in [0.1, 0.15) is 26.4 Å². The van der Waals surface area contributed by atoms with E-state index in [1.54, 1.807) is 48.0 Å². The van der Waals surface area contributed by atoms with Gasteiger partial charge >= 0.3 is 0 Å². The van der Waals surface area contributed by atoms with Gasteiger partial charge in [-0.3, -0.25) is 9.59 Å². The molecule has 3 aromatic rings. The molecule has 25 heavy (non-hydrogen) atoms. The fraction of sp³-hybridized carbons (Fsp3) is 0.0556. The Morgan fingerprint density at radius 2 is 1.88 bits per heavy atom. The van der Waals surface area contributed by atoms with Crippen LogP contribution in [0.3, 0.4) is 0 Å². The summed E-state index contributed by atoms with van der Waals surface area (Å²) in [6.07, 6.45) is 1.50. The molecule has 1 heterocycles. The maximum atomic E-state index is 12.5. The van der Waals surface area contributed by atoms with E-state index in [4.69, 9.17) is 17.3 Å². The van der Waals surface area contributed by atoms with E-state index in [0.717, 1.165) is 5.69 Å². The van der Waals surface area contributed by atoms with Crippen LogP contribution in [-0.2, 0) is 0 Å². The molecule has 3 N–H and O–H groups in total. The van der Waals surface area contributed by atoms with Gasteiger partial charge in [0.2, 0.25) is 5.91 Å². The molecular weight excluding hydrogens is 340 g/mol. The average molecular weight is 355 g/mol. The van der Waals surface area contributed by atoms with Crippen LogP contribution in [0.25, 0.3) is 5.69 Å². The fourth-order valence-electron chi connectivity index (χ4n) is 2.42. The van der Waals surface area contributed by atoms with E-state index < -0.39 is 5.91 Å². The quantitative estimate of drug-likeness (QED) is 0.753. The van der Waals surface area contributed by atoms with Gasteiger partial charge in [0.25, 0.3) is 5.91 Å². The third-order valence-electron chi connectivity index (χ3n) is 3.73. The molecule has 0 atom stereocenters. The molecule has 0 aliphatic rings. The summed E-state index contributed by atoms with van der Waals surface area (Å²) in [5, 5.41) is 7.62. The molecule has 3 rings (SSSR count). The van der Waals surface area contributed by atoms with Crippen molar-refractivity contribution < 1.29 is 9.59 Å². The van der Waals surface area contributed by atoms with Gasteiger partial charge in [-0.2, -0.15) is 5.10 Å². The summed E-state index contributed by atoms with van der Waals surface area (Å²) in [4.78, 5) is 23.6. The SMILES string of the molecule is Cc1c(C(=O)Nc2ccc(C(N)=O)cc2)cnn1-c1cccc(Cl)c1. The summed E-state index contributed by atoms with van der Waals surface area (Å²) < 4.78 is 1.65. The van der Waals surface area contributed by atoms with Crippen LogP contribution in [-0.4, -0.2) is 21.6 Å². The Morgan fingerprint density at radius 1 is 1.16 bits per heavy atom. The molecule has 0 saturated carbocycles. The van der Waals surface area contributed by atoms with Crippen molar-refractivity contribution in [3.63, 3.8) is 0 Å². The summed E-state index contributed by atoms with van der Waals surface area (Å²) in [6.45, 7) is 1.80. The summed E-state index contributed by atoms with van der Waals surface area (Å²) in [6, 6.07) is 13.6. The second-order valence-electron chi connectivity index (χ2n) is 5.43. The standard InChI is InChI=1S/C18H15ClN4O2/c1-11-16(10-21-23(11)15-4-2-3-13(19)9-15)18(25)22-14-7-5-12(6-8-14)17(20)24/h2-10H,1H3,(H2,20,24)(H,22,25). The van der Waals surface area contributed by atoms with Crippen LogP contribution in [0.5, 0.6) is 0 Å². The zero-order valence-corrected chi connectivity index (χ0v) is 14.1. The highest BCUT2D eigenvalue weighted by atomic mass is 35.5. The van der Waals surface area contributed by atoms with Gasteiger partial charge in [0.1, 0.15) is 0 Å². The molecule has 0 radical (unpaired) electrons.